The van der Waals surface area contributed by atoms with Gasteiger partial charge in [-0.05, 0) is 42.3 Å². The lowest BCUT2D eigenvalue weighted by Gasteiger charge is -2.36. The van der Waals surface area contributed by atoms with Crippen molar-refractivity contribution in [3.63, 3.8) is 0 Å². The minimum absolute atomic E-state index is 0.0529. The largest absolute Gasteiger partial charge is 0.352 e. The fourth-order valence-corrected chi connectivity index (χ4v) is 4.90. The molecule has 2 amide bonds. The first-order valence-corrected chi connectivity index (χ1v) is 11.2. The number of fused-ring (bicyclic) bond motifs is 3. The highest BCUT2D eigenvalue weighted by Crippen LogP contribution is 2.30. The summed E-state index contributed by atoms with van der Waals surface area (Å²) >= 11 is 1.63. The molecule has 0 bridgehead atoms. The Balaban J connectivity index is 1.63. The van der Waals surface area contributed by atoms with Crippen molar-refractivity contribution in [1.82, 2.24) is 14.8 Å². The zero-order chi connectivity index (χ0) is 20.4. The van der Waals surface area contributed by atoms with Crippen LogP contribution in [0.4, 0.5) is 0 Å². The predicted molar refractivity (Wildman–Crippen MR) is 117 cm³/mol. The molecule has 1 aliphatic rings. The van der Waals surface area contributed by atoms with Crippen LogP contribution < -0.4 is 5.32 Å². The molecule has 0 saturated carbocycles. The van der Waals surface area contributed by atoms with Crippen LogP contribution in [0.15, 0.2) is 47.8 Å². The molecule has 1 N–H and O–H groups in total. The van der Waals surface area contributed by atoms with Crippen LogP contribution in [0.25, 0.3) is 10.2 Å². The molecule has 152 valence electrons. The minimum Gasteiger partial charge on any atom is -0.352 e. The van der Waals surface area contributed by atoms with Crippen molar-refractivity contribution in [3.05, 3.63) is 59.1 Å². The van der Waals surface area contributed by atoms with E-state index >= 15 is 0 Å². The summed E-state index contributed by atoms with van der Waals surface area (Å²) in [5.74, 6) is -0.108. The van der Waals surface area contributed by atoms with Gasteiger partial charge in [0.05, 0.1) is 16.8 Å². The monoisotopic (exact) mass is 409 g/mol. The standard InChI is InChI=1S/C23H27N3O2S/c1-3-17(4-2)24-22(27)20-15-26-18-11-13-29-21(18)14-19(26)23(28)25(20)12-10-16-8-6-5-7-9-16/h5-9,11,13-14,17,20H,3-4,10,12,15H2,1-2H3,(H,24,27). The van der Waals surface area contributed by atoms with Crippen LogP contribution in [0, 0.1) is 0 Å². The van der Waals surface area contributed by atoms with E-state index in [9.17, 15) is 9.59 Å². The second-order valence-corrected chi connectivity index (χ2v) is 8.53. The molecule has 0 spiro atoms. The molecule has 0 aliphatic carbocycles. The molecular formula is C23H27N3O2S. The van der Waals surface area contributed by atoms with Crippen LogP contribution in [0.2, 0.25) is 0 Å². The Morgan fingerprint density at radius 3 is 2.69 bits per heavy atom. The van der Waals surface area contributed by atoms with E-state index in [-0.39, 0.29) is 17.9 Å². The average Bonchev–Trinajstić information content (AvgIpc) is 3.34. The van der Waals surface area contributed by atoms with Crippen molar-refractivity contribution >= 4 is 33.4 Å². The van der Waals surface area contributed by atoms with Crippen molar-refractivity contribution in [3.8, 4) is 0 Å². The van der Waals surface area contributed by atoms with Crippen LogP contribution in [0.3, 0.4) is 0 Å². The van der Waals surface area contributed by atoms with Crippen molar-refractivity contribution in [2.45, 2.75) is 51.7 Å². The van der Waals surface area contributed by atoms with Crippen molar-refractivity contribution in [1.29, 1.82) is 0 Å². The zero-order valence-corrected chi connectivity index (χ0v) is 17.7. The number of hydrogen-bond donors (Lipinski definition) is 1. The van der Waals surface area contributed by atoms with Gasteiger partial charge in [0.2, 0.25) is 5.91 Å². The van der Waals surface area contributed by atoms with E-state index in [0.717, 1.165) is 29.5 Å². The van der Waals surface area contributed by atoms with Crippen molar-refractivity contribution in [2.75, 3.05) is 6.54 Å². The first-order valence-electron chi connectivity index (χ1n) is 10.3. The smallest absolute Gasteiger partial charge is 0.271 e. The van der Waals surface area contributed by atoms with Gasteiger partial charge in [0.25, 0.3) is 5.91 Å². The van der Waals surface area contributed by atoms with Gasteiger partial charge in [-0.25, -0.2) is 0 Å². The maximum absolute atomic E-state index is 13.4. The Labute approximate surface area is 175 Å². The second-order valence-electron chi connectivity index (χ2n) is 7.58. The van der Waals surface area contributed by atoms with E-state index in [0.29, 0.717) is 18.8 Å². The highest BCUT2D eigenvalue weighted by atomic mass is 32.1. The summed E-state index contributed by atoms with van der Waals surface area (Å²) < 4.78 is 3.11. The number of nitrogens with zero attached hydrogens (tertiary/aromatic N) is 2. The third-order valence-electron chi connectivity index (χ3n) is 5.85. The molecule has 3 aromatic rings. The summed E-state index contributed by atoms with van der Waals surface area (Å²) in [5.41, 5.74) is 2.90. The number of amides is 2. The Bertz CT molecular complexity index is 1000. The Kier molecular flexibility index (Phi) is 5.72. The van der Waals surface area contributed by atoms with Crippen molar-refractivity contribution in [2.24, 2.45) is 0 Å². The van der Waals surface area contributed by atoms with Gasteiger partial charge < -0.3 is 14.8 Å². The molecule has 3 heterocycles. The van der Waals surface area contributed by atoms with Gasteiger partial charge in [-0.15, -0.1) is 11.3 Å². The number of nitrogens with one attached hydrogen (secondary N) is 1. The molecule has 5 nitrogen and oxygen atoms in total. The summed E-state index contributed by atoms with van der Waals surface area (Å²) in [6.45, 7) is 5.18. The molecular weight excluding hydrogens is 382 g/mol. The number of aromatic nitrogens is 1. The van der Waals surface area contributed by atoms with E-state index in [2.05, 4.69) is 31.3 Å². The van der Waals surface area contributed by atoms with Crippen LogP contribution in [-0.4, -0.2) is 39.9 Å². The van der Waals surface area contributed by atoms with Gasteiger partial charge in [-0.2, -0.15) is 0 Å². The lowest BCUT2D eigenvalue weighted by atomic mass is 10.1. The normalized spacial score (nSPS) is 16.4. The third kappa shape index (κ3) is 3.81. The Morgan fingerprint density at radius 2 is 1.97 bits per heavy atom. The summed E-state index contributed by atoms with van der Waals surface area (Å²) in [5, 5.41) is 5.19. The van der Waals surface area contributed by atoms with E-state index in [4.69, 9.17) is 0 Å². The number of benzene rings is 1. The molecule has 1 atom stereocenters. The number of hydrogen-bond acceptors (Lipinski definition) is 3. The maximum Gasteiger partial charge on any atom is 0.271 e. The molecule has 1 aromatic carbocycles. The quantitative estimate of drug-likeness (QED) is 0.639. The van der Waals surface area contributed by atoms with E-state index < -0.39 is 6.04 Å². The number of carbonyl (C=O) groups is 2. The molecule has 4 rings (SSSR count). The predicted octanol–water partition coefficient (Wildman–Crippen LogP) is 4.07. The third-order valence-corrected chi connectivity index (χ3v) is 6.71. The number of carbonyl (C=O) groups excluding carboxylic acids is 2. The fourth-order valence-electron chi connectivity index (χ4n) is 4.08. The first kappa shape index (κ1) is 19.7. The fraction of sp³-hybridized carbons (Fsp3) is 0.391. The van der Waals surface area contributed by atoms with Gasteiger partial charge in [0.15, 0.2) is 0 Å². The molecule has 1 unspecified atom stereocenters. The van der Waals surface area contributed by atoms with Gasteiger partial charge in [0, 0.05) is 12.6 Å². The van der Waals surface area contributed by atoms with Crippen molar-refractivity contribution < 1.29 is 9.59 Å². The van der Waals surface area contributed by atoms with E-state index in [1.165, 1.54) is 5.56 Å². The summed E-state index contributed by atoms with van der Waals surface area (Å²) in [6.07, 6.45) is 2.50. The van der Waals surface area contributed by atoms with Gasteiger partial charge in [-0.1, -0.05) is 44.2 Å². The van der Waals surface area contributed by atoms with Crippen LogP contribution in [-0.2, 0) is 17.8 Å². The molecule has 6 heteroatoms. The van der Waals surface area contributed by atoms with Crippen LogP contribution in [0.1, 0.15) is 42.7 Å². The second kappa shape index (κ2) is 8.41. The van der Waals surface area contributed by atoms with E-state index in [1.807, 2.05) is 40.3 Å². The van der Waals surface area contributed by atoms with Gasteiger partial charge in [0.1, 0.15) is 11.7 Å². The Hall–Kier alpha value is -2.60. The zero-order valence-electron chi connectivity index (χ0n) is 16.9. The molecule has 0 radical (unpaired) electrons. The maximum atomic E-state index is 13.4. The molecule has 29 heavy (non-hydrogen) atoms. The van der Waals surface area contributed by atoms with E-state index in [1.54, 1.807) is 16.2 Å². The average molecular weight is 410 g/mol. The topological polar surface area (TPSA) is 54.3 Å². The van der Waals surface area contributed by atoms with Crippen LogP contribution >= 0.6 is 11.3 Å². The number of rotatable bonds is 7. The lowest BCUT2D eigenvalue weighted by molar-refractivity contribution is -0.127. The molecule has 0 saturated heterocycles. The van der Waals surface area contributed by atoms with Crippen LogP contribution in [0.5, 0.6) is 0 Å². The lowest BCUT2D eigenvalue weighted by Crippen LogP contribution is -2.56. The minimum atomic E-state index is -0.491. The summed E-state index contributed by atoms with van der Waals surface area (Å²) in [4.78, 5) is 28.3. The SMILES string of the molecule is CCC(CC)NC(=O)C1Cn2c(cc3sccc32)C(=O)N1CCc1ccccc1. The van der Waals surface area contributed by atoms with Gasteiger partial charge >= 0.3 is 0 Å². The molecule has 1 aliphatic heterocycles. The Morgan fingerprint density at radius 1 is 1.21 bits per heavy atom. The highest BCUT2D eigenvalue weighted by molar-refractivity contribution is 7.17. The van der Waals surface area contributed by atoms with Gasteiger partial charge in [-0.3, -0.25) is 9.59 Å². The first-order chi connectivity index (χ1) is 14.1. The summed E-state index contributed by atoms with van der Waals surface area (Å²) in [6, 6.07) is 13.8. The molecule has 0 fully saturated rings. The summed E-state index contributed by atoms with van der Waals surface area (Å²) in [7, 11) is 0. The number of thiophene rings is 1. The molecule has 2 aromatic heterocycles. The highest BCUT2D eigenvalue weighted by Gasteiger charge is 2.38.